The molecule has 1 N–H and O–H groups in total. The summed E-state index contributed by atoms with van der Waals surface area (Å²) in [5.41, 5.74) is -0.326. The summed E-state index contributed by atoms with van der Waals surface area (Å²) in [5, 5.41) is 9.33. The Morgan fingerprint density at radius 1 is 1.42 bits per heavy atom. The van der Waals surface area contributed by atoms with Crippen LogP contribution in [0.15, 0.2) is 12.3 Å². The van der Waals surface area contributed by atoms with Gasteiger partial charge in [-0.05, 0) is 18.9 Å². The molecule has 0 saturated carbocycles. The summed E-state index contributed by atoms with van der Waals surface area (Å²) in [7, 11) is 0. The second-order valence-corrected chi connectivity index (χ2v) is 4.65. The summed E-state index contributed by atoms with van der Waals surface area (Å²) >= 11 is 0. The highest BCUT2D eigenvalue weighted by molar-refractivity contribution is 5.94. The number of carbonyl (C=O) groups excluding carboxylic acids is 1. The molecule has 1 aromatic heterocycles. The third-order valence-electron chi connectivity index (χ3n) is 3.43. The maximum absolute atomic E-state index is 13.6. The minimum atomic E-state index is -1.28. The summed E-state index contributed by atoms with van der Waals surface area (Å²) in [5.74, 6) is -3.09. The molecular formula is C13H16F2N2O2. The Balaban J connectivity index is 2.28. The number of pyridine rings is 1. The molecule has 104 valence electrons. The smallest absolute Gasteiger partial charge is 0.257 e. The molecule has 4 nitrogen and oxygen atoms in total. The van der Waals surface area contributed by atoms with Crippen LogP contribution in [-0.4, -0.2) is 40.1 Å². The standard InChI is InChI=1S/C13H16F2N2O2/c14-11-10(5-6-16-12(11)15)13(19)17-7-3-1-2-4-9(17)8-18/h5-6,9,18H,1-4,7-8H2. The molecule has 1 aliphatic heterocycles. The van der Waals surface area contributed by atoms with Gasteiger partial charge in [-0.1, -0.05) is 12.8 Å². The van der Waals surface area contributed by atoms with Gasteiger partial charge in [0.05, 0.1) is 18.2 Å². The molecule has 1 saturated heterocycles. The number of carbonyl (C=O) groups is 1. The molecule has 0 aromatic carbocycles. The number of likely N-dealkylation sites (tertiary alicyclic amines) is 1. The number of hydrogen-bond acceptors (Lipinski definition) is 3. The van der Waals surface area contributed by atoms with E-state index in [0.29, 0.717) is 13.0 Å². The third kappa shape index (κ3) is 2.89. The van der Waals surface area contributed by atoms with E-state index in [1.807, 2.05) is 0 Å². The third-order valence-corrected chi connectivity index (χ3v) is 3.43. The van der Waals surface area contributed by atoms with Gasteiger partial charge in [-0.15, -0.1) is 0 Å². The second-order valence-electron chi connectivity index (χ2n) is 4.65. The van der Waals surface area contributed by atoms with E-state index in [9.17, 15) is 18.7 Å². The van der Waals surface area contributed by atoms with Crippen molar-refractivity contribution in [1.29, 1.82) is 0 Å². The monoisotopic (exact) mass is 270 g/mol. The number of aliphatic hydroxyl groups is 1. The van der Waals surface area contributed by atoms with E-state index in [-0.39, 0.29) is 18.2 Å². The minimum Gasteiger partial charge on any atom is -0.394 e. The van der Waals surface area contributed by atoms with Gasteiger partial charge in [-0.2, -0.15) is 4.39 Å². The molecule has 0 radical (unpaired) electrons. The van der Waals surface area contributed by atoms with Crippen molar-refractivity contribution >= 4 is 5.91 Å². The SMILES string of the molecule is O=C(c1ccnc(F)c1F)N1CCCCCC1CO. The molecule has 0 bridgehead atoms. The van der Waals surface area contributed by atoms with E-state index >= 15 is 0 Å². The number of aliphatic hydroxyl groups excluding tert-OH is 1. The highest BCUT2D eigenvalue weighted by atomic mass is 19.2. The molecule has 0 spiro atoms. The molecular weight excluding hydrogens is 254 g/mol. The van der Waals surface area contributed by atoms with Gasteiger partial charge in [0.25, 0.3) is 5.91 Å². The zero-order valence-electron chi connectivity index (χ0n) is 10.5. The van der Waals surface area contributed by atoms with E-state index in [1.54, 1.807) is 0 Å². The van der Waals surface area contributed by atoms with E-state index in [0.717, 1.165) is 25.5 Å². The first-order chi connectivity index (χ1) is 9.15. The Bertz CT molecular complexity index is 468. The van der Waals surface area contributed by atoms with E-state index in [2.05, 4.69) is 4.98 Å². The Hall–Kier alpha value is -1.56. The van der Waals surface area contributed by atoms with Crippen molar-refractivity contribution in [1.82, 2.24) is 9.88 Å². The predicted octanol–water partition coefficient (Wildman–Crippen LogP) is 1.74. The van der Waals surface area contributed by atoms with E-state index < -0.39 is 17.7 Å². The van der Waals surface area contributed by atoms with Crippen molar-refractivity contribution in [2.45, 2.75) is 31.7 Å². The van der Waals surface area contributed by atoms with Crippen LogP contribution in [0.2, 0.25) is 0 Å². The molecule has 1 amide bonds. The highest BCUT2D eigenvalue weighted by Crippen LogP contribution is 2.20. The number of rotatable bonds is 2. The molecule has 1 aromatic rings. The lowest BCUT2D eigenvalue weighted by Crippen LogP contribution is -2.42. The van der Waals surface area contributed by atoms with Crippen LogP contribution in [-0.2, 0) is 0 Å². The minimum absolute atomic E-state index is 0.166. The van der Waals surface area contributed by atoms with Gasteiger partial charge in [0, 0.05) is 12.7 Å². The summed E-state index contributed by atoms with van der Waals surface area (Å²) in [6.07, 6.45) is 4.43. The molecule has 1 unspecified atom stereocenters. The zero-order chi connectivity index (χ0) is 13.8. The molecule has 19 heavy (non-hydrogen) atoms. The van der Waals surface area contributed by atoms with Gasteiger partial charge in [-0.25, -0.2) is 9.37 Å². The number of halogens is 2. The summed E-state index contributed by atoms with van der Waals surface area (Å²) in [6.45, 7) is 0.286. The maximum atomic E-state index is 13.6. The fourth-order valence-electron chi connectivity index (χ4n) is 2.37. The van der Waals surface area contributed by atoms with Crippen LogP contribution in [0, 0.1) is 11.8 Å². The lowest BCUT2D eigenvalue weighted by atomic mass is 10.1. The molecule has 1 fully saturated rings. The van der Waals surface area contributed by atoms with Gasteiger partial charge >= 0.3 is 0 Å². The van der Waals surface area contributed by atoms with Crippen LogP contribution >= 0.6 is 0 Å². The lowest BCUT2D eigenvalue weighted by molar-refractivity contribution is 0.0593. The number of aromatic nitrogens is 1. The van der Waals surface area contributed by atoms with Crippen LogP contribution in [0.4, 0.5) is 8.78 Å². The first-order valence-electron chi connectivity index (χ1n) is 6.37. The summed E-state index contributed by atoms with van der Waals surface area (Å²) < 4.78 is 26.7. The molecule has 1 aliphatic rings. The molecule has 6 heteroatoms. The normalized spacial score (nSPS) is 20.2. The van der Waals surface area contributed by atoms with Crippen molar-refractivity contribution in [2.75, 3.05) is 13.2 Å². The Kier molecular flexibility index (Phi) is 4.42. The van der Waals surface area contributed by atoms with Crippen LogP contribution in [0.25, 0.3) is 0 Å². The second kappa shape index (κ2) is 6.06. The van der Waals surface area contributed by atoms with Crippen molar-refractivity contribution in [2.24, 2.45) is 0 Å². The zero-order valence-corrected chi connectivity index (χ0v) is 10.5. The molecule has 2 rings (SSSR count). The summed E-state index contributed by atoms with van der Waals surface area (Å²) in [4.78, 5) is 16.9. The number of amides is 1. The number of nitrogens with zero attached hydrogens (tertiary/aromatic N) is 2. The quantitative estimate of drug-likeness (QED) is 0.833. The maximum Gasteiger partial charge on any atom is 0.257 e. The Labute approximate surface area is 110 Å². The number of hydrogen-bond donors (Lipinski definition) is 1. The summed E-state index contributed by atoms with van der Waals surface area (Å²) in [6, 6.07) is 0.839. The van der Waals surface area contributed by atoms with Crippen LogP contribution in [0.3, 0.4) is 0 Å². The van der Waals surface area contributed by atoms with Gasteiger partial charge in [0.15, 0.2) is 5.82 Å². The van der Waals surface area contributed by atoms with Crippen LogP contribution in [0.1, 0.15) is 36.0 Å². The Morgan fingerprint density at radius 3 is 2.95 bits per heavy atom. The average Bonchev–Trinajstić information content (AvgIpc) is 2.66. The van der Waals surface area contributed by atoms with Gasteiger partial charge in [0.2, 0.25) is 5.95 Å². The van der Waals surface area contributed by atoms with Gasteiger partial charge < -0.3 is 10.0 Å². The fourth-order valence-corrected chi connectivity index (χ4v) is 2.37. The lowest BCUT2D eigenvalue weighted by Gasteiger charge is -2.28. The van der Waals surface area contributed by atoms with Crippen molar-refractivity contribution in [3.05, 3.63) is 29.6 Å². The van der Waals surface area contributed by atoms with Crippen LogP contribution in [0.5, 0.6) is 0 Å². The largest absolute Gasteiger partial charge is 0.394 e. The predicted molar refractivity (Wildman–Crippen MR) is 64.5 cm³/mol. The Morgan fingerprint density at radius 2 is 2.21 bits per heavy atom. The topological polar surface area (TPSA) is 53.4 Å². The van der Waals surface area contributed by atoms with Crippen molar-refractivity contribution in [3.8, 4) is 0 Å². The van der Waals surface area contributed by atoms with Crippen molar-refractivity contribution in [3.63, 3.8) is 0 Å². The molecule has 2 heterocycles. The van der Waals surface area contributed by atoms with Crippen molar-refractivity contribution < 1.29 is 18.7 Å². The fraction of sp³-hybridized carbons (Fsp3) is 0.538. The van der Waals surface area contributed by atoms with Gasteiger partial charge in [0.1, 0.15) is 0 Å². The van der Waals surface area contributed by atoms with Gasteiger partial charge in [-0.3, -0.25) is 4.79 Å². The first kappa shape index (κ1) is 13.9. The highest BCUT2D eigenvalue weighted by Gasteiger charge is 2.28. The first-order valence-corrected chi connectivity index (χ1v) is 6.37. The molecule has 0 aliphatic carbocycles. The average molecular weight is 270 g/mol. The van der Waals surface area contributed by atoms with E-state index in [1.165, 1.54) is 11.0 Å². The molecule has 1 atom stereocenters. The van der Waals surface area contributed by atoms with E-state index in [4.69, 9.17) is 0 Å². The van der Waals surface area contributed by atoms with Crippen LogP contribution < -0.4 is 0 Å².